The first-order valence-electron chi connectivity index (χ1n) is 5.17. The molecule has 0 N–H and O–H groups in total. The van der Waals surface area contributed by atoms with E-state index in [1.165, 1.54) is 0 Å². The summed E-state index contributed by atoms with van der Waals surface area (Å²) in [7, 11) is 0. The third kappa shape index (κ3) is 1.64. The maximum Gasteiger partial charge on any atom is 0.159 e. The van der Waals surface area contributed by atoms with Gasteiger partial charge in [-0.1, -0.05) is 30.3 Å². The van der Waals surface area contributed by atoms with Gasteiger partial charge in [0.05, 0.1) is 11.9 Å². The first-order valence-corrected chi connectivity index (χ1v) is 5.17. The SMILES string of the molecule is N#Cc1cn2cc(-c3ccccc3)ncc2n1. The number of imidazole rings is 1. The summed E-state index contributed by atoms with van der Waals surface area (Å²) < 4.78 is 1.81. The van der Waals surface area contributed by atoms with Crippen molar-refractivity contribution >= 4 is 5.65 Å². The number of fused-ring (bicyclic) bond motifs is 1. The molecular formula is C13H8N4. The summed E-state index contributed by atoms with van der Waals surface area (Å²) in [5, 5.41) is 8.78. The van der Waals surface area contributed by atoms with Gasteiger partial charge in [-0.3, -0.25) is 4.98 Å². The molecule has 0 aliphatic heterocycles. The van der Waals surface area contributed by atoms with Gasteiger partial charge in [0.25, 0.3) is 0 Å². The van der Waals surface area contributed by atoms with E-state index in [4.69, 9.17) is 5.26 Å². The normalized spacial score (nSPS) is 10.3. The second kappa shape index (κ2) is 3.72. The van der Waals surface area contributed by atoms with Gasteiger partial charge >= 0.3 is 0 Å². The van der Waals surface area contributed by atoms with E-state index >= 15 is 0 Å². The number of aromatic nitrogens is 3. The summed E-state index contributed by atoms with van der Waals surface area (Å²) in [4.78, 5) is 8.44. The van der Waals surface area contributed by atoms with E-state index in [2.05, 4.69) is 9.97 Å². The zero-order valence-electron chi connectivity index (χ0n) is 8.91. The fourth-order valence-corrected chi connectivity index (χ4v) is 1.71. The van der Waals surface area contributed by atoms with Gasteiger partial charge in [0, 0.05) is 18.0 Å². The van der Waals surface area contributed by atoms with Crippen LogP contribution in [0, 0.1) is 11.3 Å². The van der Waals surface area contributed by atoms with Gasteiger partial charge in [-0.2, -0.15) is 5.26 Å². The minimum Gasteiger partial charge on any atom is -0.302 e. The van der Waals surface area contributed by atoms with Crippen molar-refractivity contribution < 1.29 is 0 Å². The van der Waals surface area contributed by atoms with Crippen molar-refractivity contribution in [1.82, 2.24) is 14.4 Å². The highest BCUT2D eigenvalue weighted by Gasteiger charge is 2.03. The van der Waals surface area contributed by atoms with E-state index in [1.807, 2.05) is 47.0 Å². The number of rotatable bonds is 1. The molecule has 80 valence electrons. The number of hydrogen-bond acceptors (Lipinski definition) is 3. The van der Waals surface area contributed by atoms with Crippen molar-refractivity contribution in [3.05, 3.63) is 54.6 Å². The molecule has 0 bridgehead atoms. The maximum atomic E-state index is 8.78. The van der Waals surface area contributed by atoms with Crippen molar-refractivity contribution in [2.75, 3.05) is 0 Å². The van der Waals surface area contributed by atoms with Crippen LogP contribution in [-0.4, -0.2) is 14.4 Å². The lowest BCUT2D eigenvalue weighted by atomic mass is 10.2. The van der Waals surface area contributed by atoms with Gasteiger partial charge in [-0.25, -0.2) is 4.98 Å². The zero-order valence-corrected chi connectivity index (χ0v) is 8.91. The largest absolute Gasteiger partial charge is 0.302 e. The summed E-state index contributed by atoms with van der Waals surface area (Å²) in [6.45, 7) is 0. The van der Waals surface area contributed by atoms with Gasteiger partial charge < -0.3 is 4.40 Å². The van der Waals surface area contributed by atoms with Crippen LogP contribution in [0.15, 0.2) is 48.9 Å². The minimum atomic E-state index is 0.400. The van der Waals surface area contributed by atoms with Crippen LogP contribution in [-0.2, 0) is 0 Å². The third-order valence-electron chi connectivity index (χ3n) is 2.53. The van der Waals surface area contributed by atoms with Gasteiger partial charge in [0.1, 0.15) is 6.07 Å². The Bertz CT molecular complexity index is 707. The Balaban J connectivity index is 2.17. The van der Waals surface area contributed by atoms with E-state index in [-0.39, 0.29) is 0 Å². The number of nitrogens with zero attached hydrogens (tertiary/aromatic N) is 4. The monoisotopic (exact) mass is 220 g/mol. The van der Waals surface area contributed by atoms with Crippen LogP contribution >= 0.6 is 0 Å². The molecule has 0 fully saturated rings. The minimum absolute atomic E-state index is 0.400. The van der Waals surface area contributed by atoms with Crippen LogP contribution < -0.4 is 0 Å². The zero-order chi connectivity index (χ0) is 11.7. The molecule has 0 aliphatic rings. The lowest BCUT2D eigenvalue weighted by Crippen LogP contribution is -1.89. The van der Waals surface area contributed by atoms with Crippen molar-refractivity contribution in [3.8, 4) is 17.3 Å². The first kappa shape index (κ1) is 9.55. The third-order valence-corrected chi connectivity index (χ3v) is 2.53. The van der Waals surface area contributed by atoms with Crippen molar-refractivity contribution in [3.63, 3.8) is 0 Å². The molecule has 0 unspecified atom stereocenters. The molecule has 0 saturated heterocycles. The molecule has 3 rings (SSSR count). The van der Waals surface area contributed by atoms with Crippen LogP contribution in [0.1, 0.15) is 5.69 Å². The molecule has 0 amide bonds. The molecule has 4 nitrogen and oxygen atoms in total. The van der Waals surface area contributed by atoms with Crippen LogP contribution in [0.25, 0.3) is 16.9 Å². The number of nitriles is 1. The second-order valence-electron chi connectivity index (χ2n) is 3.64. The number of benzene rings is 1. The summed E-state index contributed by atoms with van der Waals surface area (Å²) in [5.41, 5.74) is 2.99. The highest BCUT2D eigenvalue weighted by Crippen LogP contribution is 2.16. The summed E-state index contributed by atoms with van der Waals surface area (Å²) in [6, 6.07) is 11.9. The van der Waals surface area contributed by atoms with Crippen molar-refractivity contribution in [2.45, 2.75) is 0 Å². The van der Waals surface area contributed by atoms with E-state index < -0.39 is 0 Å². The van der Waals surface area contributed by atoms with Gasteiger partial charge in [0.15, 0.2) is 11.3 Å². The van der Waals surface area contributed by atoms with Crippen LogP contribution in [0.2, 0.25) is 0 Å². The van der Waals surface area contributed by atoms with E-state index in [1.54, 1.807) is 12.4 Å². The van der Waals surface area contributed by atoms with E-state index in [9.17, 15) is 0 Å². The molecule has 0 saturated carbocycles. The molecule has 2 aromatic heterocycles. The Morgan fingerprint density at radius 2 is 1.94 bits per heavy atom. The quantitative estimate of drug-likeness (QED) is 0.632. The lowest BCUT2D eigenvalue weighted by Gasteiger charge is -2.00. The van der Waals surface area contributed by atoms with Crippen LogP contribution in [0.5, 0.6) is 0 Å². The molecule has 2 heterocycles. The Morgan fingerprint density at radius 3 is 2.71 bits per heavy atom. The van der Waals surface area contributed by atoms with Gasteiger partial charge in [-0.15, -0.1) is 0 Å². The first-order chi connectivity index (χ1) is 8.36. The Hall–Kier alpha value is -2.67. The molecule has 17 heavy (non-hydrogen) atoms. The number of hydrogen-bond donors (Lipinski definition) is 0. The Kier molecular flexibility index (Phi) is 2.09. The highest BCUT2D eigenvalue weighted by atomic mass is 15.0. The van der Waals surface area contributed by atoms with Gasteiger partial charge in [-0.05, 0) is 0 Å². The maximum absolute atomic E-state index is 8.78. The molecule has 0 spiro atoms. The summed E-state index contributed by atoms with van der Waals surface area (Å²) in [6.07, 6.45) is 5.24. The van der Waals surface area contributed by atoms with Crippen molar-refractivity contribution in [1.29, 1.82) is 5.26 Å². The second-order valence-corrected chi connectivity index (χ2v) is 3.64. The Morgan fingerprint density at radius 1 is 1.12 bits per heavy atom. The van der Waals surface area contributed by atoms with Crippen LogP contribution in [0.3, 0.4) is 0 Å². The Labute approximate surface area is 97.8 Å². The standard InChI is InChI=1S/C13H8N4/c14-6-11-8-17-9-12(15-7-13(17)16-11)10-4-2-1-3-5-10/h1-5,7-9H. The molecule has 0 radical (unpaired) electrons. The molecule has 4 heteroatoms. The predicted octanol–water partition coefficient (Wildman–Crippen LogP) is 2.27. The average molecular weight is 220 g/mol. The fraction of sp³-hybridized carbons (Fsp3) is 0. The topological polar surface area (TPSA) is 54.0 Å². The smallest absolute Gasteiger partial charge is 0.159 e. The predicted molar refractivity (Wildman–Crippen MR) is 63.1 cm³/mol. The van der Waals surface area contributed by atoms with Gasteiger partial charge in [0.2, 0.25) is 0 Å². The molecule has 0 atom stereocenters. The lowest BCUT2D eigenvalue weighted by molar-refractivity contribution is 1.13. The summed E-state index contributed by atoms with van der Waals surface area (Å²) >= 11 is 0. The molecule has 0 aliphatic carbocycles. The molecular weight excluding hydrogens is 212 g/mol. The summed E-state index contributed by atoms with van der Waals surface area (Å²) in [5.74, 6) is 0. The fourth-order valence-electron chi connectivity index (χ4n) is 1.71. The van der Waals surface area contributed by atoms with Crippen LogP contribution in [0.4, 0.5) is 0 Å². The molecule has 1 aromatic carbocycles. The average Bonchev–Trinajstić information content (AvgIpc) is 2.81. The molecule has 3 aromatic rings. The van der Waals surface area contributed by atoms with E-state index in [0.717, 1.165) is 11.3 Å². The van der Waals surface area contributed by atoms with Crippen molar-refractivity contribution in [2.24, 2.45) is 0 Å². The van der Waals surface area contributed by atoms with E-state index in [0.29, 0.717) is 11.3 Å². The highest BCUT2D eigenvalue weighted by molar-refractivity contribution is 5.59.